The molecule has 16 heteroatoms. The van der Waals surface area contributed by atoms with Crippen molar-refractivity contribution in [2.24, 2.45) is 23.2 Å². The second-order valence-electron chi connectivity index (χ2n) is 14.7. The Morgan fingerprint density at radius 1 is 0.939 bits per heavy atom. The fraction of sp³-hybridized carbons (Fsp3) is 0.788. The Labute approximate surface area is 276 Å². The lowest BCUT2D eigenvalue weighted by molar-refractivity contribution is -0.422. The van der Waals surface area contributed by atoms with E-state index in [1.807, 2.05) is 13.0 Å². The first-order valence-corrected chi connectivity index (χ1v) is 16.4. The van der Waals surface area contributed by atoms with Crippen molar-refractivity contribution in [3.8, 4) is 5.75 Å². The summed E-state index contributed by atoms with van der Waals surface area (Å²) in [4.78, 5) is 13.3. The lowest BCUT2D eigenvalue weighted by atomic mass is 9.49. The highest BCUT2D eigenvalue weighted by Crippen LogP contribution is 2.69. The first kappa shape index (κ1) is 37.9. The first-order chi connectivity index (χ1) is 22.4. The van der Waals surface area contributed by atoms with Crippen molar-refractivity contribution in [1.82, 2.24) is 4.90 Å². The number of nitrogens with zero attached hydrogens (tertiary/aromatic N) is 1. The van der Waals surface area contributed by atoms with Crippen LogP contribution in [0.15, 0.2) is 18.2 Å². The highest BCUT2D eigenvalue weighted by atomic mass is 19.4. The van der Waals surface area contributed by atoms with E-state index in [1.165, 1.54) is 7.05 Å². The van der Waals surface area contributed by atoms with Gasteiger partial charge >= 0.3 is 35.8 Å². The number of fused-ring (bicyclic) bond motifs is 7. The summed E-state index contributed by atoms with van der Waals surface area (Å²) in [6.07, 6.45) is -5.05. The van der Waals surface area contributed by atoms with Crippen LogP contribution in [0.3, 0.4) is 0 Å². The number of aromatic hydroxyl groups is 1. The zero-order valence-electron chi connectivity index (χ0n) is 26.9. The molecule has 1 aliphatic heterocycles. The van der Waals surface area contributed by atoms with Gasteiger partial charge in [0.05, 0.1) is 6.42 Å². The lowest BCUT2D eigenvalue weighted by Crippen LogP contribution is -2.66. The van der Waals surface area contributed by atoms with Crippen LogP contribution in [0, 0.1) is 23.2 Å². The molecule has 5 rings (SSSR count). The van der Waals surface area contributed by atoms with Crippen molar-refractivity contribution in [3.63, 3.8) is 0 Å². The zero-order valence-corrected chi connectivity index (χ0v) is 26.9. The highest BCUT2D eigenvalue weighted by Gasteiger charge is 2.86. The average Bonchev–Trinajstić information content (AvgIpc) is 3.40. The van der Waals surface area contributed by atoms with Gasteiger partial charge in [0, 0.05) is 18.4 Å². The number of phenolic OH excluding ortho intramolecular Hbond substituents is 1. The maximum Gasteiger partial charge on any atom is 0.460 e. The number of alkyl halides is 11. The minimum absolute atomic E-state index is 0.0241. The molecule has 1 heterocycles. The molecule has 2 N–H and O–H groups in total. The number of unbranched alkanes of at least 4 members (excludes halogenated alkanes) is 2. The monoisotopic (exact) mass is 723 g/mol. The van der Waals surface area contributed by atoms with E-state index in [-0.39, 0.29) is 42.4 Å². The molecule has 1 aromatic carbocycles. The van der Waals surface area contributed by atoms with Crippen LogP contribution in [0.1, 0.15) is 81.8 Å². The summed E-state index contributed by atoms with van der Waals surface area (Å²) >= 11 is 0. The number of aryl methyl sites for hydroxylation is 1. The topological polar surface area (TPSA) is 70.0 Å². The standard InChI is InChI=1S/C33H40F11NO4/c1-27-16-19(6-4-3-5-12-45(2)13-11-29(34,35)30(36,37)31(38,39)32(40,41)33(42,43)44)26-21-10-8-20(46)14-18(21)7-9-22(26)23(27)15-24-28(27,48)17-25(47)49-24/h8,10,14,19,22-24,26,46,48H,3-7,9,11-13,15-17H2,1-2H3/t19-,22-,23-,24?,26+,27-,28+/m0/s1. The van der Waals surface area contributed by atoms with Crippen molar-refractivity contribution in [3.05, 3.63) is 29.3 Å². The normalized spacial score (nSPS) is 32.1. The predicted octanol–water partition coefficient (Wildman–Crippen LogP) is 8.12. The van der Waals surface area contributed by atoms with Crippen LogP contribution in [-0.4, -0.2) is 82.8 Å². The van der Waals surface area contributed by atoms with Crippen LogP contribution in [0.25, 0.3) is 0 Å². The fourth-order valence-corrected chi connectivity index (χ4v) is 9.28. The van der Waals surface area contributed by atoms with Crippen molar-refractivity contribution in [2.75, 3.05) is 20.1 Å². The van der Waals surface area contributed by atoms with Crippen LogP contribution < -0.4 is 0 Å². The van der Waals surface area contributed by atoms with E-state index in [2.05, 4.69) is 0 Å². The van der Waals surface area contributed by atoms with Gasteiger partial charge in [-0.1, -0.05) is 25.8 Å². The Balaban J connectivity index is 1.20. The molecule has 1 unspecified atom stereocenters. The van der Waals surface area contributed by atoms with Gasteiger partial charge in [-0.05, 0) is 99.0 Å². The number of hydrogen-bond acceptors (Lipinski definition) is 5. The average molecular weight is 724 g/mol. The first-order valence-electron chi connectivity index (χ1n) is 16.4. The van der Waals surface area contributed by atoms with Crippen LogP contribution in [-0.2, 0) is 16.0 Å². The third-order valence-corrected chi connectivity index (χ3v) is 11.9. The van der Waals surface area contributed by atoms with Gasteiger partial charge in [-0.2, -0.15) is 48.3 Å². The second kappa shape index (κ2) is 12.4. The molecular weight excluding hydrogens is 683 g/mol. The van der Waals surface area contributed by atoms with Gasteiger partial charge < -0.3 is 19.8 Å². The summed E-state index contributed by atoms with van der Waals surface area (Å²) in [5.74, 6) is -27.5. The summed E-state index contributed by atoms with van der Waals surface area (Å²) in [5, 5.41) is 21.9. The maximum absolute atomic E-state index is 14.1. The summed E-state index contributed by atoms with van der Waals surface area (Å²) in [5.41, 5.74) is 0.264. The molecule has 278 valence electrons. The molecule has 0 spiro atoms. The van der Waals surface area contributed by atoms with Crippen LogP contribution in [0.4, 0.5) is 48.3 Å². The molecular formula is C33H40F11NO4. The Morgan fingerprint density at radius 3 is 2.27 bits per heavy atom. The van der Waals surface area contributed by atoms with Crippen molar-refractivity contribution in [2.45, 2.75) is 119 Å². The Kier molecular flexibility index (Phi) is 9.59. The van der Waals surface area contributed by atoms with Gasteiger partial charge in [-0.25, -0.2) is 0 Å². The van der Waals surface area contributed by atoms with E-state index < -0.39 is 65.9 Å². The molecule has 3 aliphatic carbocycles. The van der Waals surface area contributed by atoms with Crippen LogP contribution in [0.5, 0.6) is 5.75 Å². The number of benzene rings is 1. The van der Waals surface area contributed by atoms with Gasteiger partial charge in [0.15, 0.2) is 0 Å². The SMILES string of the molecule is CN(CCCCC[C@H]1C[C@@]2(C)[C@@H](CC3OC(=O)C[C@@]32O)[C@@H]2CCc3cc(O)ccc3[C@@H]12)CCC(F)(F)C(F)(F)C(F)(F)C(F)(F)C(F)(F)F. The van der Waals surface area contributed by atoms with Crippen molar-refractivity contribution < 1.29 is 68.0 Å². The summed E-state index contributed by atoms with van der Waals surface area (Å²) in [6.45, 7) is 1.06. The smallest absolute Gasteiger partial charge is 0.460 e. The number of ether oxygens (including phenoxy) is 1. The Morgan fingerprint density at radius 2 is 1.61 bits per heavy atom. The van der Waals surface area contributed by atoms with Crippen LogP contribution >= 0.6 is 0 Å². The highest BCUT2D eigenvalue weighted by molar-refractivity contribution is 5.74. The predicted molar refractivity (Wildman–Crippen MR) is 153 cm³/mol. The molecule has 1 saturated heterocycles. The largest absolute Gasteiger partial charge is 0.508 e. The maximum atomic E-state index is 14.1. The molecule has 0 bridgehead atoms. The number of carbonyl (C=O) groups is 1. The van der Waals surface area contributed by atoms with Gasteiger partial charge in [0.25, 0.3) is 0 Å². The fourth-order valence-electron chi connectivity index (χ4n) is 9.28. The van der Waals surface area contributed by atoms with E-state index >= 15 is 0 Å². The molecule has 0 radical (unpaired) electrons. The van der Waals surface area contributed by atoms with E-state index in [1.54, 1.807) is 12.1 Å². The Hall–Kier alpha value is -2.36. The molecule has 4 aliphatic rings. The quantitative estimate of drug-likeness (QED) is 0.130. The van der Waals surface area contributed by atoms with Crippen molar-refractivity contribution in [1.29, 1.82) is 0 Å². The van der Waals surface area contributed by atoms with Gasteiger partial charge in [0.2, 0.25) is 0 Å². The number of hydrogen-bond donors (Lipinski definition) is 2. The van der Waals surface area contributed by atoms with Crippen molar-refractivity contribution >= 4 is 5.97 Å². The third kappa shape index (κ3) is 5.97. The number of halogens is 11. The number of phenols is 1. The molecule has 0 amide bonds. The molecule has 7 atom stereocenters. The molecule has 3 fully saturated rings. The van der Waals surface area contributed by atoms with E-state index in [0.29, 0.717) is 38.5 Å². The van der Waals surface area contributed by atoms with Crippen LogP contribution in [0.2, 0.25) is 0 Å². The molecule has 2 saturated carbocycles. The molecule has 1 aromatic rings. The number of esters is 1. The zero-order chi connectivity index (χ0) is 36.6. The third-order valence-electron chi connectivity index (χ3n) is 11.9. The van der Waals surface area contributed by atoms with E-state index in [0.717, 1.165) is 28.9 Å². The minimum atomic E-state index is -7.40. The van der Waals surface area contributed by atoms with Gasteiger partial charge in [-0.3, -0.25) is 4.79 Å². The van der Waals surface area contributed by atoms with E-state index in [9.17, 15) is 63.3 Å². The van der Waals surface area contributed by atoms with Gasteiger partial charge in [-0.15, -0.1) is 0 Å². The number of rotatable bonds is 12. The number of carbonyl (C=O) groups excluding carboxylic acids is 1. The Bertz CT molecular complexity index is 1400. The summed E-state index contributed by atoms with van der Waals surface area (Å²) < 4.78 is 152. The lowest BCUT2D eigenvalue weighted by Gasteiger charge is -2.56. The molecule has 5 nitrogen and oxygen atoms in total. The second-order valence-corrected chi connectivity index (χ2v) is 14.7. The molecule has 49 heavy (non-hydrogen) atoms. The summed E-state index contributed by atoms with van der Waals surface area (Å²) in [7, 11) is 1.21. The molecule has 0 aromatic heterocycles. The summed E-state index contributed by atoms with van der Waals surface area (Å²) in [6, 6.07) is 5.33. The number of aliphatic hydroxyl groups is 1. The van der Waals surface area contributed by atoms with Gasteiger partial charge in [0.1, 0.15) is 17.5 Å². The minimum Gasteiger partial charge on any atom is -0.508 e. The van der Waals surface area contributed by atoms with E-state index in [4.69, 9.17) is 4.74 Å².